The number of ether oxygens (including phenoxy) is 1. The Kier molecular flexibility index (Phi) is 4.99. The van der Waals surface area contributed by atoms with Crippen LogP contribution in [0, 0.1) is 5.92 Å². The van der Waals surface area contributed by atoms with Gasteiger partial charge in [-0.2, -0.15) is 5.10 Å². The number of amides is 1. The van der Waals surface area contributed by atoms with Crippen molar-refractivity contribution in [3.8, 4) is 0 Å². The van der Waals surface area contributed by atoms with Gasteiger partial charge in [-0.15, -0.1) is 10.2 Å². The lowest BCUT2D eigenvalue weighted by Gasteiger charge is -2.23. The zero-order valence-corrected chi connectivity index (χ0v) is 16.3. The van der Waals surface area contributed by atoms with E-state index in [1.807, 2.05) is 17.7 Å². The van der Waals surface area contributed by atoms with Gasteiger partial charge in [0.25, 0.3) is 0 Å². The van der Waals surface area contributed by atoms with E-state index < -0.39 is 0 Å². The zero-order chi connectivity index (χ0) is 19.0. The average molecular weight is 372 g/mol. The summed E-state index contributed by atoms with van der Waals surface area (Å²) in [6, 6.07) is 2.01. The van der Waals surface area contributed by atoms with Crippen LogP contribution >= 0.6 is 0 Å². The van der Waals surface area contributed by atoms with Crippen LogP contribution in [-0.2, 0) is 22.5 Å². The van der Waals surface area contributed by atoms with Gasteiger partial charge in [0.1, 0.15) is 11.9 Å². The highest BCUT2D eigenvalue weighted by Crippen LogP contribution is 2.36. The summed E-state index contributed by atoms with van der Waals surface area (Å²) in [5, 5.41) is 16.2. The molecule has 1 fully saturated rings. The third kappa shape index (κ3) is 3.38. The quantitative estimate of drug-likeness (QED) is 0.870. The summed E-state index contributed by atoms with van der Waals surface area (Å²) in [4.78, 5) is 13.0. The van der Waals surface area contributed by atoms with Crippen LogP contribution in [0.15, 0.2) is 12.3 Å². The minimum Gasteiger partial charge on any atom is -0.371 e. The molecule has 1 unspecified atom stereocenters. The molecule has 8 nitrogen and oxygen atoms in total. The second-order valence-electron chi connectivity index (χ2n) is 7.79. The van der Waals surface area contributed by atoms with E-state index in [1.165, 1.54) is 0 Å². The summed E-state index contributed by atoms with van der Waals surface area (Å²) >= 11 is 0. The van der Waals surface area contributed by atoms with Crippen molar-refractivity contribution in [1.29, 1.82) is 0 Å². The molecule has 4 heterocycles. The molecule has 146 valence electrons. The van der Waals surface area contributed by atoms with Crippen LogP contribution in [0.5, 0.6) is 0 Å². The lowest BCUT2D eigenvalue weighted by molar-refractivity contribution is -0.127. The molecule has 0 aliphatic carbocycles. The molecule has 4 rings (SSSR count). The molecule has 0 radical (unpaired) electrons. The molecule has 8 heteroatoms. The van der Waals surface area contributed by atoms with Gasteiger partial charge in [0, 0.05) is 31.8 Å². The first-order valence-electron chi connectivity index (χ1n) is 9.93. The molecule has 1 amide bonds. The van der Waals surface area contributed by atoms with Crippen LogP contribution in [0.25, 0.3) is 0 Å². The maximum atomic E-state index is 13.0. The maximum absolute atomic E-state index is 13.0. The lowest BCUT2D eigenvalue weighted by atomic mass is 9.97. The smallest absolute Gasteiger partial charge is 0.226 e. The van der Waals surface area contributed by atoms with Crippen LogP contribution in [0.1, 0.15) is 75.6 Å². The predicted molar refractivity (Wildman–Crippen MR) is 98.9 cm³/mol. The molecule has 1 N–H and O–H groups in total. The fraction of sp³-hybridized carbons (Fsp3) is 0.684. The highest BCUT2D eigenvalue weighted by Gasteiger charge is 2.38. The number of hydrogen-bond acceptors (Lipinski definition) is 5. The molecule has 27 heavy (non-hydrogen) atoms. The van der Waals surface area contributed by atoms with E-state index in [2.05, 4.69) is 39.0 Å². The first-order chi connectivity index (χ1) is 13.1. The Morgan fingerprint density at radius 1 is 1.30 bits per heavy atom. The Balaban J connectivity index is 1.49. The van der Waals surface area contributed by atoms with Gasteiger partial charge >= 0.3 is 0 Å². The van der Waals surface area contributed by atoms with Gasteiger partial charge in [-0.3, -0.25) is 9.48 Å². The third-order valence-electron chi connectivity index (χ3n) is 5.54. The van der Waals surface area contributed by atoms with Gasteiger partial charge in [-0.05, 0) is 46.1 Å². The number of nitrogens with one attached hydrogen (secondary N) is 1. The number of rotatable bonds is 5. The summed E-state index contributed by atoms with van der Waals surface area (Å²) in [7, 11) is 0. The van der Waals surface area contributed by atoms with Crippen molar-refractivity contribution in [1.82, 2.24) is 29.9 Å². The van der Waals surface area contributed by atoms with Gasteiger partial charge in [0.2, 0.25) is 5.91 Å². The third-order valence-corrected chi connectivity index (χ3v) is 5.54. The van der Waals surface area contributed by atoms with Gasteiger partial charge in [-0.1, -0.05) is 0 Å². The van der Waals surface area contributed by atoms with Crippen LogP contribution in [0.2, 0.25) is 0 Å². The normalized spacial score (nSPS) is 23.4. The number of nitrogens with zero attached hydrogens (tertiary/aromatic N) is 5. The topological polar surface area (TPSA) is 86.9 Å². The number of aryl methyl sites for hydroxylation is 1. The monoisotopic (exact) mass is 372 g/mol. The number of fused-ring (bicyclic) bond motifs is 1. The summed E-state index contributed by atoms with van der Waals surface area (Å²) < 4.78 is 10.0. The number of aromatic nitrogens is 5. The molecular weight excluding hydrogens is 344 g/mol. The fourth-order valence-corrected chi connectivity index (χ4v) is 4.17. The second kappa shape index (κ2) is 7.42. The minimum absolute atomic E-state index is 0.00895. The molecule has 0 spiro atoms. The average Bonchev–Trinajstić information content (AvgIpc) is 3.38. The Hall–Kier alpha value is -2.22. The Morgan fingerprint density at radius 2 is 2.15 bits per heavy atom. The van der Waals surface area contributed by atoms with E-state index in [9.17, 15) is 4.79 Å². The first-order valence-corrected chi connectivity index (χ1v) is 9.93. The molecule has 2 aromatic heterocycles. The minimum atomic E-state index is -0.255. The van der Waals surface area contributed by atoms with E-state index in [0.717, 1.165) is 43.1 Å². The van der Waals surface area contributed by atoms with E-state index >= 15 is 0 Å². The van der Waals surface area contributed by atoms with Crippen molar-refractivity contribution >= 4 is 5.91 Å². The molecule has 2 aliphatic heterocycles. The molecule has 0 aromatic carbocycles. The van der Waals surface area contributed by atoms with Crippen molar-refractivity contribution in [3.63, 3.8) is 0 Å². The highest BCUT2D eigenvalue weighted by molar-refractivity contribution is 5.80. The van der Waals surface area contributed by atoms with Crippen LogP contribution in [-0.4, -0.2) is 37.1 Å². The van der Waals surface area contributed by atoms with Crippen molar-refractivity contribution in [2.45, 2.75) is 71.2 Å². The van der Waals surface area contributed by atoms with Crippen LogP contribution < -0.4 is 5.32 Å². The summed E-state index contributed by atoms with van der Waals surface area (Å²) in [5.74, 6) is 1.67. The highest BCUT2D eigenvalue weighted by atomic mass is 16.5. The number of carbonyl (C=O) groups excluding carboxylic acids is 1. The first kappa shape index (κ1) is 18.2. The zero-order valence-electron chi connectivity index (χ0n) is 16.3. The largest absolute Gasteiger partial charge is 0.371 e. The van der Waals surface area contributed by atoms with Gasteiger partial charge in [0.15, 0.2) is 5.82 Å². The lowest BCUT2D eigenvalue weighted by Crippen LogP contribution is -2.36. The molecule has 2 aliphatic rings. The molecule has 0 saturated carbocycles. The van der Waals surface area contributed by atoms with Crippen molar-refractivity contribution in [2.24, 2.45) is 5.92 Å². The van der Waals surface area contributed by atoms with Gasteiger partial charge < -0.3 is 14.6 Å². The molecule has 1 saturated heterocycles. The maximum Gasteiger partial charge on any atom is 0.226 e. The van der Waals surface area contributed by atoms with E-state index in [4.69, 9.17) is 4.74 Å². The standard InChI is InChI=1S/C19H28N6O2/c1-12(2)25-15(7-9-20-25)17-14(8-11-27-17)19(26)21-13(3)18-23-22-16-6-4-5-10-24(16)18/h7,9,12-14,17H,4-6,8,10-11H2,1-3H3,(H,21,26)/t13?,14-,17-/m0/s1. The SMILES string of the molecule is CC(NC(=O)[C@H]1CCO[C@@H]1c1ccnn1C(C)C)c1nnc2n1CCCC2. The van der Waals surface area contributed by atoms with Crippen molar-refractivity contribution in [2.75, 3.05) is 6.61 Å². The second-order valence-corrected chi connectivity index (χ2v) is 7.79. The summed E-state index contributed by atoms with van der Waals surface area (Å²) in [6.07, 6.45) is 5.49. The van der Waals surface area contributed by atoms with Crippen LogP contribution in [0.3, 0.4) is 0 Å². The molecule has 0 bridgehead atoms. The molecule has 3 atom stereocenters. The number of hydrogen-bond donors (Lipinski definition) is 1. The Labute approximate surface area is 159 Å². The molecular formula is C19H28N6O2. The number of carbonyl (C=O) groups is 1. The van der Waals surface area contributed by atoms with E-state index in [-0.39, 0.29) is 30.0 Å². The Bertz CT molecular complexity index is 811. The van der Waals surface area contributed by atoms with Crippen molar-refractivity contribution < 1.29 is 9.53 Å². The van der Waals surface area contributed by atoms with Crippen molar-refractivity contribution in [3.05, 3.63) is 29.6 Å². The van der Waals surface area contributed by atoms with Gasteiger partial charge in [0.05, 0.1) is 17.7 Å². The van der Waals surface area contributed by atoms with E-state index in [1.54, 1.807) is 6.20 Å². The van der Waals surface area contributed by atoms with Gasteiger partial charge in [-0.25, -0.2) is 0 Å². The van der Waals surface area contributed by atoms with Crippen LogP contribution in [0.4, 0.5) is 0 Å². The predicted octanol–water partition coefficient (Wildman–Crippen LogP) is 2.35. The summed E-state index contributed by atoms with van der Waals surface area (Å²) in [5.41, 5.74) is 0.968. The molecule has 2 aromatic rings. The summed E-state index contributed by atoms with van der Waals surface area (Å²) in [6.45, 7) is 7.66. The fourth-order valence-electron chi connectivity index (χ4n) is 4.17. The Morgan fingerprint density at radius 3 is 2.96 bits per heavy atom. The van der Waals surface area contributed by atoms with E-state index in [0.29, 0.717) is 13.0 Å².